The van der Waals surface area contributed by atoms with Crippen LogP contribution in [0.15, 0.2) is 43.0 Å². The predicted octanol–water partition coefficient (Wildman–Crippen LogP) is 3.23. The van der Waals surface area contributed by atoms with Crippen molar-refractivity contribution in [3.8, 4) is 11.3 Å². The van der Waals surface area contributed by atoms with Gasteiger partial charge in [-0.25, -0.2) is 9.50 Å². The van der Waals surface area contributed by atoms with Crippen molar-refractivity contribution in [1.29, 1.82) is 0 Å². The van der Waals surface area contributed by atoms with E-state index in [2.05, 4.69) is 10.1 Å². The lowest BCUT2D eigenvalue weighted by molar-refractivity contribution is -0.141. The van der Waals surface area contributed by atoms with E-state index < -0.39 is 5.41 Å². The smallest absolute Gasteiger partial charge is 0.235 e. The third-order valence-corrected chi connectivity index (χ3v) is 6.70. The van der Waals surface area contributed by atoms with Crippen LogP contribution in [0.25, 0.3) is 27.7 Å². The largest absolute Gasteiger partial charge is 0.350 e. The lowest BCUT2D eigenvalue weighted by Crippen LogP contribution is -2.32. The maximum Gasteiger partial charge on any atom is 0.235 e. The normalized spacial score (nSPS) is 18.2. The molecule has 0 bridgehead atoms. The van der Waals surface area contributed by atoms with E-state index in [1.54, 1.807) is 11.4 Å². The molecule has 8 nitrogen and oxygen atoms in total. The molecule has 0 radical (unpaired) electrons. The van der Waals surface area contributed by atoms with Gasteiger partial charge in [-0.1, -0.05) is 20.8 Å². The SMILES string of the molecule is CC1C(=O)N(Cc2cc3c(-c4cc(C=O)cc5ccn(C)c45)ncnn3c2)C(=O)C1(C)C. The van der Waals surface area contributed by atoms with Crippen molar-refractivity contribution in [1.82, 2.24) is 24.1 Å². The number of likely N-dealkylation sites (tertiary alicyclic amines) is 1. The monoisotopic (exact) mass is 429 g/mol. The zero-order chi connectivity index (χ0) is 22.8. The van der Waals surface area contributed by atoms with Gasteiger partial charge in [-0.3, -0.25) is 19.3 Å². The van der Waals surface area contributed by atoms with Crippen LogP contribution in [0.5, 0.6) is 0 Å². The van der Waals surface area contributed by atoms with Gasteiger partial charge in [0.2, 0.25) is 11.8 Å². The summed E-state index contributed by atoms with van der Waals surface area (Å²) in [5.41, 5.74) is 3.82. The molecule has 4 aromatic rings. The highest BCUT2D eigenvalue weighted by Crippen LogP contribution is 2.38. The molecule has 0 N–H and O–H groups in total. The number of fused-ring (bicyclic) bond motifs is 2. The minimum atomic E-state index is -0.714. The Morgan fingerprint density at radius 1 is 1.19 bits per heavy atom. The molecule has 1 aliphatic heterocycles. The van der Waals surface area contributed by atoms with Gasteiger partial charge in [0, 0.05) is 41.9 Å². The van der Waals surface area contributed by atoms with Crippen LogP contribution in [-0.4, -0.2) is 42.2 Å². The maximum absolute atomic E-state index is 12.8. The number of hydrogen-bond donors (Lipinski definition) is 0. The lowest BCUT2D eigenvalue weighted by Gasteiger charge is -2.18. The molecule has 3 aromatic heterocycles. The van der Waals surface area contributed by atoms with Gasteiger partial charge in [-0.05, 0) is 29.8 Å². The quantitative estimate of drug-likeness (QED) is 0.367. The van der Waals surface area contributed by atoms with Crippen LogP contribution in [0.2, 0.25) is 0 Å². The zero-order valence-corrected chi connectivity index (χ0v) is 18.4. The third-order valence-electron chi connectivity index (χ3n) is 6.70. The molecule has 2 amide bonds. The average Bonchev–Trinajstić information content (AvgIpc) is 3.41. The molecule has 0 saturated carbocycles. The summed E-state index contributed by atoms with van der Waals surface area (Å²) in [6.07, 6.45) is 6.04. The first-order valence-electron chi connectivity index (χ1n) is 10.4. The number of aromatic nitrogens is 4. The van der Waals surface area contributed by atoms with E-state index in [0.717, 1.165) is 33.8 Å². The minimum absolute atomic E-state index is 0.161. The molecule has 1 atom stereocenters. The highest BCUT2D eigenvalue weighted by atomic mass is 16.2. The summed E-state index contributed by atoms with van der Waals surface area (Å²) in [5, 5.41) is 5.26. The molecule has 1 unspecified atom stereocenters. The van der Waals surface area contributed by atoms with Crippen molar-refractivity contribution in [2.45, 2.75) is 27.3 Å². The van der Waals surface area contributed by atoms with Crippen molar-refractivity contribution >= 4 is 34.5 Å². The Kier molecular flexibility index (Phi) is 4.30. The minimum Gasteiger partial charge on any atom is -0.350 e. The molecule has 162 valence electrons. The second kappa shape index (κ2) is 6.85. The Labute approximate surface area is 184 Å². The summed E-state index contributed by atoms with van der Waals surface area (Å²) in [6, 6.07) is 7.53. The van der Waals surface area contributed by atoms with E-state index in [1.165, 1.54) is 11.2 Å². The first kappa shape index (κ1) is 20.1. The number of carbonyl (C=O) groups is 3. The van der Waals surface area contributed by atoms with E-state index in [4.69, 9.17) is 0 Å². The molecule has 5 rings (SSSR count). The van der Waals surface area contributed by atoms with Crippen LogP contribution in [0.4, 0.5) is 0 Å². The van der Waals surface area contributed by atoms with Crippen LogP contribution in [0, 0.1) is 11.3 Å². The fourth-order valence-electron chi connectivity index (χ4n) is 4.50. The third kappa shape index (κ3) is 2.79. The van der Waals surface area contributed by atoms with Crippen LogP contribution in [0.3, 0.4) is 0 Å². The first-order valence-corrected chi connectivity index (χ1v) is 10.4. The van der Waals surface area contributed by atoms with Crippen molar-refractivity contribution in [2.24, 2.45) is 18.4 Å². The van der Waals surface area contributed by atoms with Gasteiger partial charge < -0.3 is 4.57 Å². The fourth-order valence-corrected chi connectivity index (χ4v) is 4.50. The molecule has 1 saturated heterocycles. The predicted molar refractivity (Wildman–Crippen MR) is 119 cm³/mol. The molecular weight excluding hydrogens is 406 g/mol. The second-order valence-corrected chi connectivity index (χ2v) is 9.01. The summed E-state index contributed by atoms with van der Waals surface area (Å²) in [4.78, 5) is 42.9. The van der Waals surface area contributed by atoms with Crippen LogP contribution in [0.1, 0.15) is 36.7 Å². The Morgan fingerprint density at radius 3 is 2.66 bits per heavy atom. The molecular formula is C24H23N5O3. The Hall–Kier alpha value is -3.81. The van der Waals surface area contributed by atoms with E-state index >= 15 is 0 Å². The summed E-state index contributed by atoms with van der Waals surface area (Å²) in [6.45, 7) is 5.60. The molecule has 1 aliphatic rings. The highest BCUT2D eigenvalue weighted by Gasteiger charge is 2.50. The van der Waals surface area contributed by atoms with E-state index in [1.807, 2.05) is 62.1 Å². The summed E-state index contributed by atoms with van der Waals surface area (Å²) < 4.78 is 3.69. The Bertz CT molecular complexity index is 1430. The van der Waals surface area contributed by atoms with Crippen LogP contribution >= 0.6 is 0 Å². The number of hydrogen-bond acceptors (Lipinski definition) is 5. The molecule has 0 spiro atoms. The van der Waals surface area contributed by atoms with Gasteiger partial charge in [0.15, 0.2) is 0 Å². The molecule has 8 heteroatoms. The number of carbonyl (C=O) groups excluding carboxylic acids is 3. The Morgan fingerprint density at radius 2 is 1.97 bits per heavy atom. The van der Waals surface area contributed by atoms with Gasteiger partial charge >= 0.3 is 0 Å². The van der Waals surface area contributed by atoms with E-state index in [0.29, 0.717) is 11.3 Å². The molecule has 32 heavy (non-hydrogen) atoms. The number of amides is 2. The summed E-state index contributed by atoms with van der Waals surface area (Å²) >= 11 is 0. The Balaban J connectivity index is 1.62. The number of nitrogens with zero attached hydrogens (tertiary/aromatic N) is 5. The van der Waals surface area contributed by atoms with Gasteiger partial charge in [-0.15, -0.1) is 0 Å². The van der Waals surface area contributed by atoms with Gasteiger partial charge in [0.05, 0.1) is 28.7 Å². The van der Waals surface area contributed by atoms with Gasteiger partial charge in [0.25, 0.3) is 0 Å². The standard InChI is InChI=1S/C24H23N5O3/c1-14-22(31)28(23(32)24(14,2)3)10-16-9-19-20(25-13-26-29(19)11-16)18-8-15(12-30)7-17-5-6-27(4)21(17)18/h5-9,11-14H,10H2,1-4H3. The molecule has 1 aromatic carbocycles. The number of imide groups is 1. The maximum atomic E-state index is 12.8. The van der Waals surface area contributed by atoms with E-state index in [-0.39, 0.29) is 24.3 Å². The number of benzene rings is 1. The van der Waals surface area contributed by atoms with Crippen molar-refractivity contribution in [3.05, 3.63) is 54.1 Å². The fraction of sp³-hybridized carbons (Fsp3) is 0.292. The van der Waals surface area contributed by atoms with Crippen molar-refractivity contribution in [3.63, 3.8) is 0 Å². The van der Waals surface area contributed by atoms with Crippen LogP contribution < -0.4 is 0 Å². The average molecular weight is 429 g/mol. The number of aryl methyl sites for hydroxylation is 1. The van der Waals surface area contributed by atoms with Crippen molar-refractivity contribution in [2.75, 3.05) is 0 Å². The van der Waals surface area contributed by atoms with Crippen molar-refractivity contribution < 1.29 is 14.4 Å². The van der Waals surface area contributed by atoms with E-state index in [9.17, 15) is 14.4 Å². The first-order chi connectivity index (χ1) is 15.2. The molecule has 4 heterocycles. The zero-order valence-electron chi connectivity index (χ0n) is 18.4. The van der Waals surface area contributed by atoms with Gasteiger partial charge in [-0.2, -0.15) is 5.10 Å². The second-order valence-electron chi connectivity index (χ2n) is 9.01. The summed E-state index contributed by atoms with van der Waals surface area (Å²) in [5.74, 6) is -0.689. The summed E-state index contributed by atoms with van der Waals surface area (Å²) in [7, 11) is 1.95. The topological polar surface area (TPSA) is 89.6 Å². The van der Waals surface area contributed by atoms with Crippen LogP contribution in [-0.2, 0) is 23.2 Å². The molecule has 1 fully saturated rings. The lowest BCUT2D eigenvalue weighted by atomic mass is 9.82. The number of aldehydes is 1. The van der Waals surface area contributed by atoms with Gasteiger partial charge in [0.1, 0.15) is 12.6 Å². The highest BCUT2D eigenvalue weighted by molar-refractivity contribution is 6.07. The number of rotatable bonds is 4. The molecule has 0 aliphatic carbocycles.